The number of anilines is 1. The summed E-state index contributed by atoms with van der Waals surface area (Å²) in [5.41, 5.74) is -0.111. The van der Waals surface area contributed by atoms with Crippen LogP contribution in [-0.2, 0) is 11.0 Å². The second kappa shape index (κ2) is 9.72. The van der Waals surface area contributed by atoms with Gasteiger partial charge in [0.1, 0.15) is 5.82 Å². The number of nitrogens with zero attached hydrogens (tertiary/aromatic N) is 5. The molecule has 0 spiro atoms. The van der Waals surface area contributed by atoms with Crippen LogP contribution in [0.15, 0.2) is 29.4 Å². The van der Waals surface area contributed by atoms with Gasteiger partial charge in [-0.2, -0.15) is 13.2 Å². The van der Waals surface area contributed by atoms with Crippen molar-refractivity contribution in [2.75, 3.05) is 36.8 Å². The van der Waals surface area contributed by atoms with Crippen LogP contribution in [0.5, 0.6) is 0 Å². The number of rotatable bonds is 5. The molecule has 1 aliphatic carbocycles. The third-order valence-corrected chi connectivity index (χ3v) is 7.20. The highest BCUT2D eigenvalue weighted by Gasteiger charge is 2.31. The first kappa shape index (κ1) is 22.9. The van der Waals surface area contributed by atoms with Gasteiger partial charge in [0.2, 0.25) is 5.91 Å². The highest BCUT2D eigenvalue weighted by Crippen LogP contribution is 2.33. The minimum Gasteiger partial charge on any atom is -0.368 e. The lowest BCUT2D eigenvalue weighted by Gasteiger charge is -2.36. The minimum atomic E-state index is -4.36. The Morgan fingerprint density at radius 1 is 1.09 bits per heavy atom. The maximum atomic E-state index is 13.0. The summed E-state index contributed by atoms with van der Waals surface area (Å²) in [5.74, 6) is 1.20. The molecule has 174 valence electrons. The van der Waals surface area contributed by atoms with Crippen molar-refractivity contribution in [3.63, 3.8) is 0 Å². The summed E-state index contributed by atoms with van der Waals surface area (Å²) in [7, 11) is 0. The summed E-state index contributed by atoms with van der Waals surface area (Å²) in [6.45, 7) is 3.96. The number of aryl methyl sites for hydroxylation is 1. The molecule has 1 amide bonds. The summed E-state index contributed by atoms with van der Waals surface area (Å²) in [6.07, 6.45) is 1.57. The summed E-state index contributed by atoms with van der Waals surface area (Å²) in [4.78, 5) is 16.5. The molecule has 4 rings (SSSR count). The van der Waals surface area contributed by atoms with Gasteiger partial charge < -0.3 is 14.4 Å². The number of thioether (sulfide) groups is 1. The maximum Gasteiger partial charge on any atom is 0.416 e. The van der Waals surface area contributed by atoms with Crippen LogP contribution in [0.2, 0.25) is 0 Å². The number of alkyl halides is 3. The average Bonchev–Trinajstić information content (AvgIpc) is 3.18. The molecule has 2 fully saturated rings. The quantitative estimate of drug-likeness (QED) is 0.604. The van der Waals surface area contributed by atoms with Crippen LogP contribution in [0.25, 0.3) is 0 Å². The number of amides is 1. The van der Waals surface area contributed by atoms with Crippen molar-refractivity contribution in [2.45, 2.75) is 56.4 Å². The number of aromatic nitrogens is 3. The van der Waals surface area contributed by atoms with Gasteiger partial charge in [-0.25, -0.2) is 0 Å². The van der Waals surface area contributed by atoms with Gasteiger partial charge >= 0.3 is 6.18 Å². The van der Waals surface area contributed by atoms with E-state index in [1.807, 2.05) is 11.8 Å². The lowest BCUT2D eigenvalue weighted by Crippen LogP contribution is -2.49. The molecule has 1 aromatic heterocycles. The fourth-order valence-electron chi connectivity index (χ4n) is 4.52. The molecule has 2 heterocycles. The molecule has 1 aliphatic heterocycles. The van der Waals surface area contributed by atoms with E-state index in [0.717, 1.165) is 29.9 Å². The second-order valence-electron chi connectivity index (χ2n) is 8.40. The molecule has 0 atom stereocenters. The Hall–Kier alpha value is -2.23. The summed E-state index contributed by atoms with van der Waals surface area (Å²) >= 11 is 1.42. The Bertz CT molecular complexity index is 934. The molecule has 2 aromatic rings. The number of hydrogen-bond acceptors (Lipinski definition) is 5. The normalized spacial score (nSPS) is 18.2. The third kappa shape index (κ3) is 5.22. The first-order valence-corrected chi connectivity index (χ1v) is 12.1. The fourth-order valence-corrected chi connectivity index (χ4v) is 5.47. The SMILES string of the molecule is Cc1nnc(SCC(=O)N2CCN(c3cccc(C(F)(F)F)c3)CC2)n1C1CCCCC1. The molecule has 1 saturated heterocycles. The molecule has 2 aliphatic rings. The van der Waals surface area contributed by atoms with E-state index in [0.29, 0.717) is 37.9 Å². The van der Waals surface area contributed by atoms with Crippen LogP contribution < -0.4 is 4.90 Å². The molecule has 0 N–H and O–H groups in total. The molecule has 0 radical (unpaired) electrons. The van der Waals surface area contributed by atoms with Gasteiger partial charge in [0.05, 0.1) is 11.3 Å². The van der Waals surface area contributed by atoms with Gasteiger partial charge in [-0.3, -0.25) is 4.79 Å². The van der Waals surface area contributed by atoms with E-state index in [4.69, 9.17) is 0 Å². The highest BCUT2D eigenvalue weighted by atomic mass is 32.2. The van der Waals surface area contributed by atoms with Crippen LogP contribution in [0.3, 0.4) is 0 Å². The summed E-state index contributed by atoms with van der Waals surface area (Å²) in [6, 6.07) is 5.77. The molecular weight excluding hydrogens is 439 g/mol. The summed E-state index contributed by atoms with van der Waals surface area (Å²) < 4.78 is 41.2. The van der Waals surface area contributed by atoms with Crippen molar-refractivity contribution in [3.05, 3.63) is 35.7 Å². The van der Waals surface area contributed by atoms with Crippen molar-refractivity contribution in [2.24, 2.45) is 0 Å². The molecule has 1 saturated carbocycles. The molecular formula is C22H28F3N5OS. The highest BCUT2D eigenvalue weighted by molar-refractivity contribution is 7.99. The van der Waals surface area contributed by atoms with Gasteiger partial charge in [0, 0.05) is 37.9 Å². The van der Waals surface area contributed by atoms with E-state index in [2.05, 4.69) is 14.8 Å². The van der Waals surface area contributed by atoms with E-state index in [-0.39, 0.29) is 11.7 Å². The second-order valence-corrected chi connectivity index (χ2v) is 9.34. The molecule has 0 bridgehead atoms. The fraction of sp³-hybridized carbons (Fsp3) is 0.591. The number of carbonyl (C=O) groups is 1. The van der Waals surface area contributed by atoms with Gasteiger partial charge in [0.25, 0.3) is 0 Å². The number of piperazine rings is 1. The van der Waals surface area contributed by atoms with Crippen LogP contribution in [0.4, 0.5) is 18.9 Å². The van der Waals surface area contributed by atoms with Crippen molar-refractivity contribution >= 4 is 23.4 Å². The number of halogens is 3. The zero-order chi connectivity index (χ0) is 22.7. The van der Waals surface area contributed by atoms with Gasteiger partial charge in [-0.15, -0.1) is 10.2 Å². The van der Waals surface area contributed by atoms with E-state index >= 15 is 0 Å². The van der Waals surface area contributed by atoms with E-state index < -0.39 is 11.7 Å². The van der Waals surface area contributed by atoms with Crippen molar-refractivity contribution in [3.8, 4) is 0 Å². The Morgan fingerprint density at radius 3 is 2.50 bits per heavy atom. The Morgan fingerprint density at radius 2 is 1.81 bits per heavy atom. The van der Waals surface area contributed by atoms with Crippen LogP contribution in [0, 0.1) is 6.92 Å². The molecule has 32 heavy (non-hydrogen) atoms. The van der Waals surface area contributed by atoms with Gasteiger partial charge in [-0.1, -0.05) is 37.1 Å². The smallest absolute Gasteiger partial charge is 0.368 e. The predicted octanol–water partition coefficient (Wildman–Crippen LogP) is 4.55. The zero-order valence-electron chi connectivity index (χ0n) is 18.1. The molecule has 0 unspecified atom stereocenters. The van der Waals surface area contributed by atoms with Crippen LogP contribution in [-0.4, -0.2) is 57.5 Å². The molecule has 10 heteroatoms. The lowest BCUT2D eigenvalue weighted by atomic mass is 9.95. The van der Waals surface area contributed by atoms with Gasteiger partial charge in [-0.05, 0) is 38.0 Å². The predicted molar refractivity (Wildman–Crippen MR) is 118 cm³/mol. The van der Waals surface area contributed by atoms with Crippen LogP contribution >= 0.6 is 11.8 Å². The van der Waals surface area contributed by atoms with Crippen LogP contribution in [0.1, 0.15) is 49.5 Å². The van der Waals surface area contributed by atoms with Crippen molar-refractivity contribution in [1.29, 1.82) is 0 Å². The topological polar surface area (TPSA) is 54.3 Å². The monoisotopic (exact) mass is 467 g/mol. The standard InChI is InChI=1S/C22H28F3N5OS/c1-16-26-27-21(30(16)18-7-3-2-4-8-18)32-15-20(31)29-12-10-28(11-13-29)19-9-5-6-17(14-19)22(23,24)25/h5-6,9,14,18H,2-4,7-8,10-13,15H2,1H3. The Labute approximate surface area is 190 Å². The van der Waals surface area contributed by atoms with E-state index in [1.54, 1.807) is 11.0 Å². The minimum absolute atomic E-state index is 0.0227. The number of carbonyl (C=O) groups excluding carboxylic acids is 1. The van der Waals surface area contributed by atoms with Gasteiger partial charge in [0.15, 0.2) is 5.16 Å². The Balaban J connectivity index is 1.31. The number of benzene rings is 1. The lowest BCUT2D eigenvalue weighted by molar-refractivity contribution is -0.137. The first-order valence-electron chi connectivity index (χ1n) is 11.1. The third-order valence-electron chi connectivity index (χ3n) is 6.27. The zero-order valence-corrected chi connectivity index (χ0v) is 19.0. The van der Waals surface area contributed by atoms with Crippen molar-refractivity contribution < 1.29 is 18.0 Å². The largest absolute Gasteiger partial charge is 0.416 e. The van der Waals surface area contributed by atoms with Crippen molar-refractivity contribution in [1.82, 2.24) is 19.7 Å². The molecule has 6 nitrogen and oxygen atoms in total. The Kier molecular flexibility index (Phi) is 6.97. The van der Waals surface area contributed by atoms with E-state index in [9.17, 15) is 18.0 Å². The maximum absolute atomic E-state index is 13.0. The van der Waals surface area contributed by atoms with E-state index in [1.165, 1.54) is 43.2 Å². The summed E-state index contributed by atoms with van der Waals surface area (Å²) in [5, 5.41) is 9.32. The number of hydrogen-bond donors (Lipinski definition) is 0. The first-order chi connectivity index (χ1) is 15.3. The molecule has 1 aromatic carbocycles. The average molecular weight is 468 g/mol.